The van der Waals surface area contributed by atoms with Gasteiger partial charge in [-0.1, -0.05) is 5.16 Å². The summed E-state index contributed by atoms with van der Waals surface area (Å²) >= 11 is 2.27. The predicted molar refractivity (Wildman–Crippen MR) is 76.5 cm³/mol. The van der Waals surface area contributed by atoms with E-state index in [1.54, 1.807) is 0 Å². The van der Waals surface area contributed by atoms with Crippen LogP contribution in [0.2, 0.25) is 0 Å². The zero-order valence-corrected chi connectivity index (χ0v) is 12.3. The van der Waals surface area contributed by atoms with Gasteiger partial charge in [-0.15, -0.1) is 0 Å². The first-order chi connectivity index (χ1) is 9.28. The molecule has 6 heteroatoms. The molecular formula is C13H14IN3O2+2. The third kappa shape index (κ3) is 4.56. The lowest BCUT2D eigenvalue weighted by Crippen LogP contribution is -2.40. The number of hydrogen-bond acceptors (Lipinski definition) is 3. The fourth-order valence-corrected chi connectivity index (χ4v) is 2.09. The van der Waals surface area contributed by atoms with Crippen molar-refractivity contribution < 1.29 is 19.1 Å². The molecule has 0 spiro atoms. The summed E-state index contributed by atoms with van der Waals surface area (Å²) in [5.74, 6) is 0. The van der Waals surface area contributed by atoms with E-state index >= 15 is 0 Å². The molecule has 2 heterocycles. The summed E-state index contributed by atoms with van der Waals surface area (Å²) in [5.41, 5.74) is 0.839. The van der Waals surface area contributed by atoms with Crippen LogP contribution < -0.4 is 9.13 Å². The quantitative estimate of drug-likeness (QED) is 0.283. The summed E-state index contributed by atoms with van der Waals surface area (Å²) < 4.78 is 10.7. The molecule has 0 aliphatic heterocycles. The van der Waals surface area contributed by atoms with E-state index in [9.17, 15) is 0 Å². The van der Waals surface area contributed by atoms with Crippen molar-refractivity contribution in [2.24, 2.45) is 5.16 Å². The van der Waals surface area contributed by atoms with Gasteiger partial charge in [-0.25, -0.2) is 0 Å². The molecular weight excluding hydrogens is 357 g/mol. The van der Waals surface area contributed by atoms with Crippen molar-refractivity contribution in [3.63, 3.8) is 0 Å². The molecule has 0 fully saturated rings. The molecule has 0 saturated heterocycles. The molecule has 0 unspecified atom stereocenters. The van der Waals surface area contributed by atoms with E-state index < -0.39 is 0 Å². The number of rotatable bonds is 5. The van der Waals surface area contributed by atoms with Gasteiger partial charge < -0.3 is 5.21 Å². The highest BCUT2D eigenvalue weighted by atomic mass is 127. The third-order valence-electron chi connectivity index (χ3n) is 2.43. The van der Waals surface area contributed by atoms with Gasteiger partial charge in [0.25, 0.3) is 13.5 Å². The van der Waals surface area contributed by atoms with Crippen LogP contribution in [0.25, 0.3) is 0 Å². The number of nitrogens with zero attached hydrogens (tertiary/aromatic N) is 3. The van der Waals surface area contributed by atoms with Gasteiger partial charge >= 0.3 is 0 Å². The van der Waals surface area contributed by atoms with Gasteiger partial charge in [-0.2, -0.15) is 9.13 Å². The summed E-state index contributed by atoms with van der Waals surface area (Å²) in [6, 6.07) is 7.72. The maximum atomic E-state index is 8.41. The molecule has 1 N–H and O–H groups in total. The topological polar surface area (TPSA) is 49.6 Å². The first-order valence-corrected chi connectivity index (χ1v) is 6.75. The predicted octanol–water partition coefficient (Wildman–Crippen LogP) is 1.31. The molecule has 2 aromatic rings. The highest BCUT2D eigenvalue weighted by Crippen LogP contribution is 1.97. The van der Waals surface area contributed by atoms with Crippen molar-refractivity contribution in [2.45, 2.75) is 13.5 Å². The number of aromatic nitrogens is 2. The second-order valence-corrected chi connectivity index (χ2v) is 5.13. The second kappa shape index (κ2) is 7.15. The maximum absolute atomic E-state index is 8.41. The summed E-state index contributed by atoms with van der Waals surface area (Å²) in [7, 11) is 0. The minimum atomic E-state index is 0.467. The zero-order chi connectivity index (χ0) is 13.5. The van der Waals surface area contributed by atoms with Crippen molar-refractivity contribution >= 4 is 28.8 Å². The monoisotopic (exact) mass is 371 g/mol. The van der Waals surface area contributed by atoms with Crippen LogP contribution >= 0.6 is 22.6 Å². The molecule has 0 aliphatic rings. The smallest absolute Gasteiger partial charge is 0.257 e. The molecule has 0 radical (unpaired) electrons. The van der Waals surface area contributed by atoms with Crippen LogP contribution in [-0.4, -0.2) is 11.4 Å². The SMILES string of the molecule is ON=Cc1cc[n+](COC[n+]2cccc(I)c2)cc1. The van der Waals surface area contributed by atoms with Gasteiger partial charge in [0.1, 0.15) is 0 Å². The van der Waals surface area contributed by atoms with Crippen LogP contribution in [0.4, 0.5) is 0 Å². The molecule has 2 aromatic heterocycles. The maximum Gasteiger partial charge on any atom is 0.257 e. The van der Waals surface area contributed by atoms with Gasteiger partial charge in [-0.05, 0) is 28.7 Å². The Morgan fingerprint density at radius 2 is 1.89 bits per heavy atom. The second-order valence-electron chi connectivity index (χ2n) is 3.89. The first-order valence-electron chi connectivity index (χ1n) is 5.67. The van der Waals surface area contributed by atoms with Crippen molar-refractivity contribution in [3.8, 4) is 0 Å². The van der Waals surface area contributed by atoms with Gasteiger partial charge in [0.05, 0.1) is 9.78 Å². The average Bonchev–Trinajstić information content (AvgIpc) is 2.41. The Kier molecular flexibility index (Phi) is 5.22. The third-order valence-corrected chi connectivity index (χ3v) is 3.06. The van der Waals surface area contributed by atoms with Crippen LogP contribution in [0.3, 0.4) is 0 Å². The van der Waals surface area contributed by atoms with E-state index in [0.717, 1.165) is 5.56 Å². The molecule has 98 valence electrons. The molecule has 2 rings (SSSR count). The zero-order valence-electron chi connectivity index (χ0n) is 10.2. The number of hydrogen-bond donors (Lipinski definition) is 1. The Morgan fingerprint density at radius 3 is 2.58 bits per heavy atom. The lowest BCUT2D eigenvalue weighted by atomic mass is 10.3. The van der Waals surface area contributed by atoms with E-state index in [4.69, 9.17) is 9.94 Å². The normalized spacial score (nSPS) is 11.0. The van der Waals surface area contributed by atoms with E-state index in [1.165, 1.54) is 9.78 Å². The molecule has 0 amide bonds. The Balaban J connectivity index is 1.85. The highest BCUT2D eigenvalue weighted by Gasteiger charge is 2.04. The first kappa shape index (κ1) is 13.9. The minimum Gasteiger partial charge on any atom is -0.411 e. The van der Waals surface area contributed by atoms with Crippen molar-refractivity contribution in [1.82, 2.24) is 0 Å². The minimum absolute atomic E-state index is 0.467. The molecule has 0 bridgehead atoms. The van der Waals surface area contributed by atoms with Crippen LogP contribution in [0.5, 0.6) is 0 Å². The van der Waals surface area contributed by atoms with Crippen molar-refractivity contribution in [3.05, 3.63) is 58.2 Å². The Labute approximate surface area is 124 Å². The van der Waals surface area contributed by atoms with Crippen molar-refractivity contribution in [1.29, 1.82) is 0 Å². The number of oxime groups is 1. The number of halogens is 1. The fraction of sp³-hybridized carbons (Fsp3) is 0.154. The molecule has 19 heavy (non-hydrogen) atoms. The van der Waals surface area contributed by atoms with E-state index in [-0.39, 0.29) is 0 Å². The number of ether oxygens (including phenoxy) is 1. The summed E-state index contributed by atoms with van der Waals surface area (Å²) in [6.45, 7) is 0.971. The molecule has 0 saturated carbocycles. The Hall–Kier alpha value is -1.54. The van der Waals surface area contributed by atoms with Crippen molar-refractivity contribution in [2.75, 3.05) is 0 Å². The number of pyridine rings is 2. The molecule has 0 atom stereocenters. The molecule has 5 nitrogen and oxygen atoms in total. The van der Waals surface area contributed by atoms with Gasteiger partial charge in [0.2, 0.25) is 0 Å². The highest BCUT2D eigenvalue weighted by molar-refractivity contribution is 14.1. The fourth-order valence-electron chi connectivity index (χ4n) is 1.53. The van der Waals surface area contributed by atoms with Gasteiger partial charge in [-0.3, -0.25) is 4.74 Å². The van der Waals surface area contributed by atoms with Crippen LogP contribution in [0.15, 0.2) is 54.2 Å². The van der Waals surface area contributed by atoms with Crippen LogP contribution in [0.1, 0.15) is 5.56 Å². The Bertz CT molecular complexity index is 558. The van der Waals surface area contributed by atoms with Gasteiger partial charge in [0.15, 0.2) is 24.8 Å². The largest absolute Gasteiger partial charge is 0.411 e. The lowest BCUT2D eigenvalue weighted by Gasteiger charge is -1.98. The lowest BCUT2D eigenvalue weighted by molar-refractivity contribution is -0.788. The molecule has 0 aliphatic carbocycles. The van der Waals surface area contributed by atoms with Crippen LogP contribution in [-0.2, 0) is 18.2 Å². The van der Waals surface area contributed by atoms with Crippen LogP contribution in [0, 0.1) is 3.57 Å². The van der Waals surface area contributed by atoms with E-state index in [1.807, 2.05) is 58.2 Å². The van der Waals surface area contributed by atoms with Gasteiger partial charge in [0, 0.05) is 23.8 Å². The summed E-state index contributed by atoms with van der Waals surface area (Å²) in [4.78, 5) is 0. The summed E-state index contributed by atoms with van der Waals surface area (Å²) in [6.07, 6.45) is 9.11. The van der Waals surface area contributed by atoms with E-state index in [2.05, 4.69) is 27.7 Å². The Morgan fingerprint density at radius 1 is 1.16 bits per heavy atom. The average molecular weight is 371 g/mol. The molecule has 0 aromatic carbocycles. The standard InChI is InChI=1S/C13H13IN3O2/c14-13-2-1-5-17(9-13)11-19-10-16-6-3-12(4-7-16)8-15-18/h1-9H,10-11H2/q+1/p+1. The van der Waals surface area contributed by atoms with E-state index in [0.29, 0.717) is 13.5 Å². The summed E-state index contributed by atoms with van der Waals surface area (Å²) in [5, 5.41) is 11.4.